The van der Waals surface area contributed by atoms with Gasteiger partial charge in [0.1, 0.15) is 0 Å². The normalized spacial score (nSPS) is 22.4. The molecule has 0 radical (unpaired) electrons. The van der Waals surface area contributed by atoms with E-state index in [0.717, 1.165) is 19.0 Å². The Morgan fingerprint density at radius 3 is 1.69 bits per heavy atom. The molecular weight excluding hydrogens is 184 g/mol. The molecule has 3 heteroatoms. The lowest BCUT2D eigenvalue weighted by Crippen LogP contribution is -2.45. The molecule has 0 aromatic rings. The summed E-state index contributed by atoms with van der Waals surface area (Å²) in [7, 11) is 0. The standard InChI is InChI=1S/C10H21ClN2/c1-8(2)12-5-6-13(9(3)4)10(12)7-11/h8-10H,5-7H2,1-4H3. The Kier molecular flexibility index (Phi) is 4.02. The maximum absolute atomic E-state index is 6.00. The van der Waals surface area contributed by atoms with E-state index >= 15 is 0 Å². The molecular formula is C10H21ClN2. The monoisotopic (exact) mass is 204 g/mol. The molecule has 0 aromatic heterocycles. The van der Waals surface area contributed by atoms with Crippen molar-refractivity contribution >= 4 is 11.6 Å². The van der Waals surface area contributed by atoms with Crippen LogP contribution in [0.25, 0.3) is 0 Å². The Bertz CT molecular complexity index is 143. The summed E-state index contributed by atoms with van der Waals surface area (Å²) in [5.74, 6) is 0.719. The molecule has 0 amide bonds. The van der Waals surface area contributed by atoms with Crippen molar-refractivity contribution in [2.75, 3.05) is 19.0 Å². The van der Waals surface area contributed by atoms with Crippen molar-refractivity contribution in [3.8, 4) is 0 Å². The Morgan fingerprint density at radius 2 is 1.46 bits per heavy atom. The Labute approximate surface area is 86.8 Å². The number of nitrogens with zero attached hydrogens (tertiary/aromatic N) is 2. The third kappa shape index (κ3) is 2.36. The fraction of sp³-hybridized carbons (Fsp3) is 1.00. The van der Waals surface area contributed by atoms with Gasteiger partial charge in [0, 0.05) is 25.2 Å². The molecule has 0 atom stereocenters. The van der Waals surface area contributed by atoms with E-state index in [-0.39, 0.29) is 0 Å². The van der Waals surface area contributed by atoms with E-state index in [4.69, 9.17) is 11.6 Å². The van der Waals surface area contributed by atoms with Gasteiger partial charge in [0.25, 0.3) is 0 Å². The van der Waals surface area contributed by atoms with Crippen LogP contribution in [-0.4, -0.2) is 47.0 Å². The minimum Gasteiger partial charge on any atom is -0.283 e. The lowest BCUT2D eigenvalue weighted by Gasteiger charge is -2.33. The number of hydrogen-bond acceptors (Lipinski definition) is 2. The molecule has 78 valence electrons. The summed E-state index contributed by atoms with van der Waals surface area (Å²) in [4.78, 5) is 4.96. The van der Waals surface area contributed by atoms with Crippen LogP contribution in [0.15, 0.2) is 0 Å². The van der Waals surface area contributed by atoms with Crippen molar-refractivity contribution in [2.24, 2.45) is 0 Å². The van der Waals surface area contributed by atoms with Crippen LogP contribution in [0.4, 0.5) is 0 Å². The van der Waals surface area contributed by atoms with E-state index in [1.807, 2.05) is 0 Å². The molecule has 2 nitrogen and oxygen atoms in total. The van der Waals surface area contributed by atoms with E-state index < -0.39 is 0 Å². The molecule has 0 N–H and O–H groups in total. The van der Waals surface area contributed by atoms with Crippen molar-refractivity contribution in [3.05, 3.63) is 0 Å². The van der Waals surface area contributed by atoms with E-state index in [1.165, 1.54) is 0 Å². The van der Waals surface area contributed by atoms with E-state index in [2.05, 4.69) is 37.5 Å². The molecule has 0 bridgehead atoms. The zero-order valence-electron chi connectivity index (χ0n) is 9.13. The van der Waals surface area contributed by atoms with Crippen LogP contribution in [0.2, 0.25) is 0 Å². The summed E-state index contributed by atoms with van der Waals surface area (Å²) in [6.45, 7) is 11.3. The summed E-state index contributed by atoms with van der Waals surface area (Å²) in [5.41, 5.74) is 0. The molecule has 1 aliphatic heterocycles. The minimum atomic E-state index is 0.446. The molecule has 0 spiro atoms. The third-order valence-electron chi connectivity index (χ3n) is 2.85. The molecule has 0 unspecified atom stereocenters. The van der Waals surface area contributed by atoms with Crippen molar-refractivity contribution in [3.63, 3.8) is 0 Å². The van der Waals surface area contributed by atoms with Crippen molar-refractivity contribution in [1.82, 2.24) is 9.80 Å². The Morgan fingerprint density at radius 1 is 1.08 bits per heavy atom. The second kappa shape index (κ2) is 4.63. The van der Waals surface area contributed by atoms with Crippen molar-refractivity contribution < 1.29 is 0 Å². The van der Waals surface area contributed by atoms with Crippen LogP contribution in [-0.2, 0) is 0 Å². The first-order valence-electron chi connectivity index (χ1n) is 5.15. The highest BCUT2D eigenvalue weighted by molar-refractivity contribution is 6.18. The van der Waals surface area contributed by atoms with Gasteiger partial charge in [-0.3, -0.25) is 9.80 Å². The lowest BCUT2D eigenvalue weighted by atomic mass is 10.3. The predicted molar refractivity (Wildman–Crippen MR) is 58.2 cm³/mol. The van der Waals surface area contributed by atoms with Crippen LogP contribution in [0.3, 0.4) is 0 Å². The van der Waals surface area contributed by atoms with Gasteiger partial charge in [-0.2, -0.15) is 0 Å². The molecule has 0 saturated carbocycles. The van der Waals surface area contributed by atoms with E-state index in [9.17, 15) is 0 Å². The van der Waals surface area contributed by atoms with Gasteiger partial charge in [-0.05, 0) is 27.7 Å². The largest absolute Gasteiger partial charge is 0.283 e. The highest BCUT2D eigenvalue weighted by atomic mass is 35.5. The third-order valence-corrected chi connectivity index (χ3v) is 3.12. The summed E-state index contributed by atoms with van der Waals surface area (Å²) in [6, 6.07) is 1.21. The highest BCUT2D eigenvalue weighted by Crippen LogP contribution is 2.20. The van der Waals surface area contributed by atoms with Gasteiger partial charge in [-0.25, -0.2) is 0 Å². The number of alkyl halides is 1. The van der Waals surface area contributed by atoms with Gasteiger partial charge in [0.15, 0.2) is 0 Å². The maximum Gasteiger partial charge on any atom is 0.0767 e. The molecule has 1 fully saturated rings. The van der Waals surface area contributed by atoms with Crippen molar-refractivity contribution in [2.45, 2.75) is 45.9 Å². The van der Waals surface area contributed by atoms with Gasteiger partial charge >= 0.3 is 0 Å². The Balaban J connectivity index is 2.63. The second-order valence-corrected chi connectivity index (χ2v) is 4.61. The summed E-state index contributed by atoms with van der Waals surface area (Å²) < 4.78 is 0. The lowest BCUT2D eigenvalue weighted by molar-refractivity contribution is 0.107. The number of hydrogen-bond donors (Lipinski definition) is 0. The van der Waals surface area contributed by atoms with Crippen LogP contribution >= 0.6 is 11.6 Å². The number of rotatable bonds is 3. The molecule has 0 aromatic carbocycles. The van der Waals surface area contributed by atoms with Gasteiger partial charge < -0.3 is 0 Å². The summed E-state index contributed by atoms with van der Waals surface area (Å²) in [5, 5.41) is 0. The van der Waals surface area contributed by atoms with Gasteiger partial charge in [-0.1, -0.05) is 0 Å². The van der Waals surface area contributed by atoms with Crippen LogP contribution in [0.5, 0.6) is 0 Å². The van der Waals surface area contributed by atoms with Gasteiger partial charge in [-0.15, -0.1) is 11.6 Å². The Hall–Kier alpha value is 0.210. The highest BCUT2D eigenvalue weighted by Gasteiger charge is 2.33. The minimum absolute atomic E-state index is 0.446. The molecule has 1 rings (SSSR count). The van der Waals surface area contributed by atoms with E-state index in [0.29, 0.717) is 18.2 Å². The fourth-order valence-electron chi connectivity index (χ4n) is 2.10. The first kappa shape index (κ1) is 11.3. The first-order chi connectivity index (χ1) is 6.07. The van der Waals surface area contributed by atoms with Crippen LogP contribution in [0, 0.1) is 0 Å². The zero-order chi connectivity index (χ0) is 10.0. The molecule has 13 heavy (non-hydrogen) atoms. The summed E-state index contributed by atoms with van der Waals surface area (Å²) in [6.07, 6.45) is 0.446. The molecule has 0 aliphatic carbocycles. The van der Waals surface area contributed by atoms with Crippen LogP contribution in [0.1, 0.15) is 27.7 Å². The predicted octanol–water partition coefficient (Wildman–Crippen LogP) is 1.99. The molecule has 1 aliphatic rings. The molecule has 1 saturated heterocycles. The van der Waals surface area contributed by atoms with E-state index in [1.54, 1.807) is 0 Å². The number of halogens is 1. The maximum atomic E-state index is 6.00. The average molecular weight is 205 g/mol. The molecule has 1 heterocycles. The quantitative estimate of drug-likeness (QED) is 0.649. The van der Waals surface area contributed by atoms with Crippen LogP contribution < -0.4 is 0 Å². The van der Waals surface area contributed by atoms with Gasteiger partial charge in [0.2, 0.25) is 0 Å². The SMILES string of the molecule is CC(C)N1CCN(C(C)C)C1CCl. The first-order valence-corrected chi connectivity index (χ1v) is 5.68. The average Bonchev–Trinajstić information content (AvgIpc) is 2.46. The fourth-order valence-corrected chi connectivity index (χ4v) is 2.46. The topological polar surface area (TPSA) is 6.48 Å². The second-order valence-electron chi connectivity index (χ2n) is 4.30. The smallest absolute Gasteiger partial charge is 0.0767 e. The zero-order valence-corrected chi connectivity index (χ0v) is 9.88. The van der Waals surface area contributed by atoms with Gasteiger partial charge in [0.05, 0.1) is 12.0 Å². The van der Waals surface area contributed by atoms with Crippen molar-refractivity contribution in [1.29, 1.82) is 0 Å². The summed E-state index contributed by atoms with van der Waals surface area (Å²) >= 11 is 6.00.